The van der Waals surface area contributed by atoms with Crippen LogP contribution in [0.2, 0.25) is 0 Å². The highest BCUT2D eigenvalue weighted by Crippen LogP contribution is 2.07. The molecule has 0 aromatic rings. The maximum absolute atomic E-state index is 11.4. The van der Waals surface area contributed by atoms with Crippen molar-refractivity contribution in [1.82, 2.24) is 5.32 Å². The Morgan fingerprint density at radius 1 is 1.44 bits per heavy atom. The Balaban J connectivity index is 3.47. The molecule has 1 amide bonds. The highest BCUT2D eigenvalue weighted by atomic mass is 32.2. The molecule has 3 nitrogen and oxygen atoms in total. The largest absolute Gasteiger partial charge is 0.396 e. The summed E-state index contributed by atoms with van der Waals surface area (Å²) in [6.45, 7) is 5.15. The summed E-state index contributed by atoms with van der Waals surface area (Å²) in [6, 6.07) is 0. The minimum Gasteiger partial charge on any atom is -0.396 e. The van der Waals surface area contributed by atoms with Crippen molar-refractivity contribution in [1.29, 1.82) is 0 Å². The van der Waals surface area contributed by atoms with Crippen molar-refractivity contribution in [2.75, 3.05) is 24.7 Å². The van der Waals surface area contributed by atoms with Crippen molar-refractivity contribution in [3.63, 3.8) is 0 Å². The van der Waals surface area contributed by atoms with Crippen LogP contribution in [0.25, 0.3) is 0 Å². The van der Waals surface area contributed by atoms with Gasteiger partial charge in [-0.15, -0.1) is 0 Å². The van der Waals surface area contributed by atoms with Crippen LogP contribution < -0.4 is 5.32 Å². The third-order valence-corrected chi connectivity index (χ3v) is 3.62. The van der Waals surface area contributed by atoms with Gasteiger partial charge < -0.3 is 10.4 Å². The van der Waals surface area contributed by atoms with E-state index in [1.807, 2.05) is 0 Å². The van der Waals surface area contributed by atoms with E-state index in [0.29, 0.717) is 18.2 Å². The van der Waals surface area contributed by atoms with Crippen LogP contribution in [0.1, 0.15) is 39.5 Å². The zero-order valence-electron chi connectivity index (χ0n) is 10.5. The van der Waals surface area contributed by atoms with Gasteiger partial charge in [-0.05, 0) is 24.5 Å². The molecule has 1 unspecified atom stereocenters. The minimum absolute atomic E-state index is 0.123. The van der Waals surface area contributed by atoms with Crippen LogP contribution in [-0.2, 0) is 4.79 Å². The normalized spacial score (nSPS) is 12.4. The molecule has 0 aliphatic heterocycles. The molecule has 1 atom stereocenters. The van der Waals surface area contributed by atoms with E-state index < -0.39 is 0 Å². The van der Waals surface area contributed by atoms with E-state index in [0.717, 1.165) is 18.6 Å². The molecule has 0 saturated heterocycles. The smallest absolute Gasteiger partial charge is 0.230 e. The van der Waals surface area contributed by atoms with E-state index in [1.54, 1.807) is 11.8 Å². The molecule has 0 aromatic carbocycles. The topological polar surface area (TPSA) is 49.3 Å². The predicted molar refractivity (Wildman–Crippen MR) is 70.7 cm³/mol. The van der Waals surface area contributed by atoms with Gasteiger partial charge in [0.1, 0.15) is 0 Å². The van der Waals surface area contributed by atoms with Crippen LogP contribution in [0.4, 0.5) is 0 Å². The lowest BCUT2D eigenvalue weighted by Crippen LogP contribution is -2.30. The van der Waals surface area contributed by atoms with Gasteiger partial charge in [-0.25, -0.2) is 0 Å². The van der Waals surface area contributed by atoms with Gasteiger partial charge in [0.05, 0.1) is 5.75 Å². The lowest BCUT2D eigenvalue weighted by atomic mass is 10.0. The number of hydrogen-bond donors (Lipinski definition) is 2. The van der Waals surface area contributed by atoms with Crippen molar-refractivity contribution in [3.05, 3.63) is 0 Å². The van der Waals surface area contributed by atoms with Crippen molar-refractivity contribution in [2.45, 2.75) is 39.5 Å². The van der Waals surface area contributed by atoms with E-state index >= 15 is 0 Å². The summed E-state index contributed by atoms with van der Waals surface area (Å²) in [5.41, 5.74) is 0. The van der Waals surface area contributed by atoms with E-state index in [-0.39, 0.29) is 12.5 Å². The molecule has 0 spiro atoms. The quantitative estimate of drug-likeness (QED) is 0.581. The molecule has 96 valence electrons. The molecular weight excluding hydrogens is 222 g/mol. The standard InChI is InChI=1S/C12H25NO2S/c1-3-5-8-16-10-12(15)13-9-11(4-2)6-7-14/h11,14H,3-10H2,1-2H3,(H,13,15). The molecule has 0 fully saturated rings. The highest BCUT2D eigenvalue weighted by Gasteiger charge is 2.07. The Bertz CT molecular complexity index is 176. The summed E-state index contributed by atoms with van der Waals surface area (Å²) >= 11 is 1.70. The van der Waals surface area contributed by atoms with E-state index in [1.165, 1.54) is 12.8 Å². The molecule has 0 bridgehead atoms. The van der Waals surface area contributed by atoms with E-state index in [2.05, 4.69) is 19.2 Å². The Labute approximate surface area is 103 Å². The lowest BCUT2D eigenvalue weighted by Gasteiger charge is -2.14. The first-order valence-electron chi connectivity index (χ1n) is 6.19. The number of carbonyl (C=O) groups is 1. The van der Waals surface area contributed by atoms with Gasteiger partial charge in [0.2, 0.25) is 5.91 Å². The molecule has 0 aromatic heterocycles. The van der Waals surface area contributed by atoms with Gasteiger partial charge in [-0.3, -0.25) is 4.79 Å². The number of aliphatic hydroxyl groups is 1. The summed E-state index contributed by atoms with van der Waals surface area (Å²) in [5, 5.41) is 11.7. The zero-order valence-corrected chi connectivity index (χ0v) is 11.3. The average molecular weight is 247 g/mol. The van der Waals surface area contributed by atoms with Crippen molar-refractivity contribution < 1.29 is 9.90 Å². The number of unbranched alkanes of at least 4 members (excludes halogenated alkanes) is 1. The second kappa shape index (κ2) is 11.3. The number of nitrogens with one attached hydrogen (secondary N) is 1. The second-order valence-electron chi connectivity index (χ2n) is 4.00. The molecule has 0 aliphatic carbocycles. The summed E-state index contributed by atoms with van der Waals surface area (Å²) in [7, 11) is 0. The SMILES string of the molecule is CCCCSCC(=O)NCC(CC)CCO. The fourth-order valence-corrected chi connectivity index (χ4v) is 2.28. The van der Waals surface area contributed by atoms with Gasteiger partial charge >= 0.3 is 0 Å². The summed E-state index contributed by atoms with van der Waals surface area (Å²) in [5.74, 6) is 2.17. The number of rotatable bonds is 10. The fourth-order valence-electron chi connectivity index (χ4n) is 1.35. The van der Waals surface area contributed by atoms with E-state index in [4.69, 9.17) is 5.11 Å². The molecule has 0 rings (SSSR count). The molecule has 2 N–H and O–H groups in total. The van der Waals surface area contributed by atoms with Crippen LogP contribution >= 0.6 is 11.8 Å². The van der Waals surface area contributed by atoms with Crippen LogP contribution in [0, 0.1) is 5.92 Å². The van der Waals surface area contributed by atoms with Gasteiger partial charge in [0.15, 0.2) is 0 Å². The molecule has 4 heteroatoms. The second-order valence-corrected chi connectivity index (χ2v) is 5.10. The van der Waals surface area contributed by atoms with Crippen molar-refractivity contribution in [2.24, 2.45) is 5.92 Å². The number of aliphatic hydroxyl groups excluding tert-OH is 1. The molecule has 0 radical (unpaired) electrons. The number of hydrogen-bond acceptors (Lipinski definition) is 3. The highest BCUT2D eigenvalue weighted by molar-refractivity contribution is 7.99. The fraction of sp³-hybridized carbons (Fsp3) is 0.917. The maximum Gasteiger partial charge on any atom is 0.230 e. The maximum atomic E-state index is 11.4. The number of amides is 1. The Morgan fingerprint density at radius 3 is 2.75 bits per heavy atom. The first-order valence-corrected chi connectivity index (χ1v) is 7.35. The van der Waals surface area contributed by atoms with Crippen LogP contribution in [0.5, 0.6) is 0 Å². The Morgan fingerprint density at radius 2 is 2.19 bits per heavy atom. The Kier molecular flexibility index (Phi) is 11.1. The molecular formula is C12H25NO2S. The van der Waals surface area contributed by atoms with E-state index in [9.17, 15) is 4.79 Å². The third kappa shape index (κ3) is 9.04. The first-order chi connectivity index (χ1) is 7.74. The summed E-state index contributed by atoms with van der Waals surface area (Å²) in [4.78, 5) is 11.4. The Hall–Kier alpha value is -0.220. The number of carbonyl (C=O) groups excluding carboxylic acids is 1. The zero-order chi connectivity index (χ0) is 12.2. The summed E-state index contributed by atoms with van der Waals surface area (Å²) < 4.78 is 0. The molecule has 16 heavy (non-hydrogen) atoms. The summed E-state index contributed by atoms with van der Waals surface area (Å²) in [6.07, 6.45) is 4.15. The van der Waals surface area contributed by atoms with Gasteiger partial charge in [-0.2, -0.15) is 11.8 Å². The van der Waals surface area contributed by atoms with Gasteiger partial charge in [-0.1, -0.05) is 26.7 Å². The van der Waals surface area contributed by atoms with Gasteiger partial charge in [0.25, 0.3) is 0 Å². The van der Waals surface area contributed by atoms with Crippen molar-refractivity contribution in [3.8, 4) is 0 Å². The van der Waals surface area contributed by atoms with Gasteiger partial charge in [0, 0.05) is 13.2 Å². The molecule has 0 saturated carbocycles. The molecule has 0 heterocycles. The van der Waals surface area contributed by atoms with Crippen LogP contribution in [0.3, 0.4) is 0 Å². The van der Waals surface area contributed by atoms with Crippen LogP contribution in [0.15, 0.2) is 0 Å². The molecule has 0 aliphatic rings. The monoisotopic (exact) mass is 247 g/mol. The minimum atomic E-state index is 0.123. The number of thioether (sulfide) groups is 1. The van der Waals surface area contributed by atoms with Crippen LogP contribution in [-0.4, -0.2) is 35.7 Å². The van der Waals surface area contributed by atoms with Crippen molar-refractivity contribution >= 4 is 17.7 Å². The average Bonchev–Trinajstić information content (AvgIpc) is 2.30. The first kappa shape index (κ1) is 15.8. The predicted octanol–water partition coefficient (Wildman–Crippen LogP) is 2.04. The lowest BCUT2D eigenvalue weighted by molar-refractivity contribution is -0.118. The third-order valence-electron chi connectivity index (χ3n) is 2.58.